The second kappa shape index (κ2) is 9.60. The lowest BCUT2D eigenvalue weighted by molar-refractivity contribution is -0.176. The Bertz CT molecular complexity index is 1040. The zero-order valence-corrected chi connectivity index (χ0v) is 21.6. The van der Waals surface area contributed by atoms with Crippen molar-refractivity contribution in [2.24, 2.45) is 28.6 Å². The van der Waals surface area contributed by atoms with Gasteiger partial charge in [-0.3, -0.25) is 19.2 Å². The molecule has 0 amide bonds. The summed E-state index contributed by atoms with van der Waals surface area (Å²) in [5.41, 5.74) is -2.13. The predicted molar refractivity (Wildman–Crippen MR) is 129 cm³/mol. The van der Waals surface area contributed by atoms with Crippen molar-refractivity contribution in [1.82, 2.24) is 0 Å². The fourth-order valence-electron chi connectivity index (χ4n) is 7.42. The molecule has 0 bridgehead atoms. The predicted octanol–water partition coefficient (Wildman–Crippen LogP) is 4.30. The van der Waals surface area contributed by atoms with Crippen molar-refractivity contribution in [2.45, 2.75) is 78.2 Å². The molecule has 0 radical (unpaired) electrons. The molecule has 0 aromatic carbocycles. The van der Waals surface area contributed by atoms with Crippen LogP contribution in [-0.2, 0) is 33.4 Å². The molecule has 0 N–H and O–H groups in total. The van der Waals surface area contributed by atoms with Crippen molar-refractivity contribution in [3.63, 3.8) is 0 Å². The van der Waals surface area contributed by atoms with Crippen LogP contribution in [0.3, 0.4) is 0 Å². The first-order valence-electron chi connectivity index (χ1n) is 13.0. The van der Waals surface area contributed by atoms with E-state index < -0.39 is 40.9 Å². The standard InChI is InChI=1S/C28H36O8/c1-5-13-34-25(33)36-28(22(31)16-35-23(32)6-2)12-10-20-19-8-7-17-14-18(29)9-11-26(17,3)24(19)21(30)15-27(20,28)4/h9,11,14,19-20,24H,5-8,10,12-13,15-16H2,1-4H3/t19-,20-,24+,26-,27-,28-/m0/s1. The van der Waals surface area contributed by atoms with E-state index in [0.29, 0.717) is 25.7 Å². The van der Waals surface area contributed by atoms with Crippen molar-refractivity contribution >= 4 is 29.5 Å². The molecule has 8 heteroatoms. The molecule has 0 spiro atoms. The van der Waals surface area contributed by atoms with Crippen LogP contribution >= 0.6 is 0 Å². The van der Waals surface area contributed by atoms with E-state index >= 15 is 0 Å². The Kier molecular flexibility index (Phi) is 7.01. The highest BCUT2D eigenvalue weighted by molar-refractivity contribution is 6.02. The third-order valence-electron chi connectivity index (χ3n) is 9.16. The van der Waals surface area contributed by atoms with Crippen molar-refractivity contribution in [3.8, 4) is 0 Å². The van der Waals surface area contributed by atoms with Gasteiger partial charge in [0.15, 0.2) is 18.0 Å². The summed E-state index contributed by atoms with van der Waals surface area (Å²) in [7, 11) is 0. The quantitative estimate of drug-likeness (QED) is 0.476. The first kappa shape index (κ1) is 26.3. The van der Waals surface area contributed by atoms with Gasteiger partial charge >= 0.3 is 12.1 Å². The van der Waals surface area contributed by atoms with Crippen molar-refractivity contribution < 1.29 is 38.2 Å². The van der Waals surface area contributed by atoms with E-state index in [0.717, 1.165) is 5.57 Å². The monoisotopic (exact) mass is 500 g/mol. The SMILES string of the molecule is CCCOC(=O)O[C@]1(C(=O)COC(=O)CC)CC[C@H]2[C@@H]3CCC4=CC(=O)C=C[C@]4(C)[C@H]3C(=O)C[C@@]21C. The third-order valence-corrected chi connectivity index (χ3v) is 9.16. The number of allylic oxidation sites excluding steroid dienone is 4. The number of Topliss-reactive ketones (excluding diaryl/α,β-unsaturated/α-hetero) is 2. The maximum absolute atomic E-state index is 13.9. The Morgan fingerprint density at radius 1 is 1.08 bits per heavy atom. The summed E-state index contributed by atoms with van der Waals surface area (Å²) in [5.74, 6) is -1.49. The van der Waals surface area contributed by atoms with E-state index in [1.165, 1.54) is 0 Å². The second-order valence-corrected chi connectivity index (χ2v) is 11.0. The van der Waals surface area contributed by atoms with Gasteiger partial charge < -0.3 is 14.2 Å². The smallest absolute Gasteiger partial charge is 0.457 e. The maximum atomic E-state index is 13.9. The minimum Gasteiger partial charge on any atom is -0.457 e. The summed E-state index contributed by atoms with van der Waals surface area (Å²) in [6.07, 6.45) is 7.15. The number of hydrogen-bond acceptors (Lipinski definition) is 8. The highest BCUT2D eigenvalue weighted by Crippen LogP contribution is 2.67. The lowest BCUT2D eigenvalue weighted by atomic mass is 9.46. The fraction of sp³-hybridized carbons (Fsp3) is 0.679. The van der Waals surface area contributed by atoms with E-state index in [9.17, 15) is 24.0 Å². The third kappa shape index (κ3) is 4.02. The number of fused-ring (bicyclic) bond motifs is 5. The van der Waals surface area contributed by atoms with E-state index in [2.05, 4.69) is 0 Å². The van der Waals surface area contributed by atoms with Crippen molar-refractivity contribution in [2.75, 3.05) is 13.2 Å². The van der Waals surface area contributed by atoms with E-state index in [1.54, 1.807) is 19.1 Å². The van der Waals surface area contributed by atoms with Gasteiger partial charge in [0.2, 0.25) is 5.78 Å². The molecule has 0 aliphatic heterocycles. The highest BCUT2D eigenvalue weighted by Gasteiger charge is 2.70. The average molecular weight is 501 g/mol. The number of rotatable bonds is 7. The number of esters is 1. The number of ether oxygens (including phenoxy) is 3. The van der Waals surface area contributed by atoms with Crippen LogP contribution in [0.2, 0.25) is 0 Å². The zero-order valence-electron chi connectivity index (χ0n) is 21.6. The molecule has 6 atom stereocenters. The topological polar surface area (TPSA) is 113 Å². The highest BCUT2D eigenvalue weighted by atomic mass is 16.7. The van der Waals surface area contributed by atoms with Crippen molar-refractivity contribution in [1.29, 1.82) is 0 Å². The fourth-order valence-corrected chi connectivity index (χ4v) is 7.42. The molecule has 0 aromatic heterocycles. The molecule has 0 heterocycles. The van der Waals surface area contributed by atoms with Crippen LogP contribution in [0.15, 0.2) is 23.8 Å². The molecule has 4 aliphatic rings. The van der Waals surface area contributed by atoms with Gasteiger partial charge in [-0.05, 0) is 56.1 Å². The molecular formula is C28H36O8. The van der Waals surface area contributed by atoms with Crippen LogP contribution in [0.1, 0.15) is 72.6 Å². The summed E-state index contributed by atoms with van der Waals surface area (Å²) in [4.78, 5) is 64.1. The lowest BCUT2D eigenvalue weighted by Gasteiger charge is -2.57. The summed E-state index contributed by atoms with van der Waals surface area (Å²) >= 11 is 0. The first-order chi connectivity index (χ1) is 17.0. The minimum absolute atomic E-state index is 0.000928. The number of carbonyl (C=O) groups excluding carboxylic acids is 5. The molecule has 3 saturated carbocycles. The van der Waals surface area contributed by atoms with Crippen LogP contribution in [0, 0.1) is 28.6 Å². The Morgan fingerprint density at radius 2 is 1.83 bits per heavy atom. The van der Waals surface area contributed by atoms with Gasteiger partial charge in [0.25, 0.3) is 0 Å². The molecule has 3 fully saturated rings. The molecule has 4 aliphatic carbocycles. The number of ketones is 3. The van der Waals surface area contributed by atoms with E-state index in [1.807, 2.05) is 26.8 Å². The van der Waals surface area contributed by atoms with Crippen molar-refractivity contribution in [3.05, 3.63) is 23.8 Å². The van der Waals surface area contributed by atoms with Gasteiger partial charge in [-0.1, -0.05) is 39.3 Å². The summed E-state index contributed by atoms with van der Waals surface area (Å²) in [6.45, 7) is 7.00. The average Bonchev–Trinajstić information content (AvgIpc) is 3.13. The molecule has 4 rings (SSSR count). The van der Waals surface area contributed by atoms with Gasteiger partial charge in [-0.25, -0.2) is 4.79 Å². The van der Waals surface area contributed by atoms with Gasteiger partial charge in [0, 0.05) is 29.6 Å². The normalized spacial score (nSPS) is 36.8. The molecule has 8 nitrogen and oxygen atoms in total. The van der Waals surface area contributed by atoms with Crippen LogP contribution in [-0.4, -0.2) is 48.3 Å². The van der Waals surface area contributed by atoms with E-state index in [4.69, 9.17) is 14.2 Å². The maximum Gasteiger partial charge on any atom is 0.509 e. The molecule has 196 valence electrons. The minimum atomic E-state index is -1.62. The van der Waals surface area contributed by atoms with Crippen LogP contribution in [0.5, 0.6) is 0 Å². The summed E-state index contributed by atoms with van der Waals surface area (Å²) < 4.78 is 16.2. The van der Waals surface area contributed by atoms with E-state index in [-0.39, 0.29) is 55.2 Å². The summed E-state index contributed by atoms with van der Waals surface area (Å²) in [5, 5.41) is 0. The van der Waals surface area contributed by atoms with Crippen LogP contribution in [0.4, 0.5) is 4.79 Å². The Labute approximate surface area is 211 Å². The summed E-state index contributed by atoms with van der Waals surface area (Å²) in [6, 6.07) is 0. The largest absolute Gasteiger partial charge is 0.509 e. The Morgan fingerprint density at radius 3 is 2.53 bits per heavy atom. The number of carbonyl (C=O) groups is 5. The Balaban J connectivity index is 1.70. The van der Waals surface area contributed by atoms with Gasteiger partial charge in [-0.15, -0.1) is 0 Å². The zero-order chi connectivity index (χ0) is 26.3. The lowest BCUT2D eigenvalue weighted by Crippen LogP contribution is -2.62. The van der Waals surface area contributed by atoms with Crippen LogP contribution < -0.4 is 0 Å². The van der Waals surface area contributed by atoms with Gasteiger partial charge in [0.1, 0.15) is 5.78 Å². The number of hydrogen-bond donors (Lipinski definition) is 0. The Hall–Kier alpha value is -2.77. The van der Waals surface area contributed by atoms with Gasteiger partial charge in [-0.2, -0.15) is 0 Å². The molecule has 0 unspecified atom stereocenters. The molecule has 0 saturated heterocycles. The van der Waals surface area contributed by atoms with Gasteiger partial charge in [0.05, 0.1) is 6.61 Å². The first-order valence-corrected chi connectivity index (χ1v) is 13.0. The molecule has 0 aromatic rings. The van der Waals surface area contributed by atoms with Crippen LogP contribution in [0.25, 0.3) is 0 Å². The molecule has 36 heavy (non-hydrogen) atoms. The molecular weight excluding hydrogens is 464 g/mol. The second-order valence-electron chi connectivity index (χ2n) is 11.0.